The summed E-state index contributed by atoms with van der Waals surface area (Å²) in [5, 5.41) is 2.90. The number of hydrogen-bond donors (Lipinski definition) is 2. The molecule has 3 N–H and O–H groups in total. The van der Waals surface area contributed by atoms with Crippen molar-refractivity contribution < 1.29 is 13.9 Å². The van der Waals surface area contributed by atoms with Gasteiger partial charge < -0.3 is 15.8 Å². The van der Waals surface area contributed by atoms with Crippen molar-refractivity contribution in [2.45, 2.75) is 6.04 Å². The van der Waals surface area contributed by atoms with E-state index in [2.05, 4.69) is 5.32 Å². The molecule has 1 aliphatic rings. The number of halogens is 3. The van der Waals surface area contributed by atoms with E-state index in [4.69, 9.17) is 33.7 Å². The Morgan fingerprint density at radius 1 is 1.19 bits per heavy atom. The third-order valence-corrected chi connectivity index (χ3v) is 3.70. The van der Waals surface area contributed by atoms with Crippen LogP contribution < -0.4 is 15.8 Å². The fourth-order valence-corrected chi connectivity index (χ4v) is 2.36. The topological polar surface area (TPSA) is 64.4 Å². The smallest absolute Gasteiger partial charge is 0.245 e. The van der Waals surface area contributed by atoms with Gasteiger partial charge in [-0.15, -0.1) is 0 Å². The Labute approximate surface area is 129 Å². The lowest BCUT2D eigenvalue weighted by Crippen LogP contribution is -2.19. The van der Waals surface area contributed by atoms with Crippen LogP contribution in [0, 0.1) is 5.82 Å². The van der Waals surface area contributed by atoms with E-state index in [-0.39, 0.29) is 27.5 Å². The fourth-order valence-electron chi connectivity index (χ4n) is 2.03. The molecule has 0 spiro atoms. The number of rotatable bonds is 2. The van der Waals surface area contributed by atoms with Gasteiger partial charge in [0.25, 0.3) is 0 Å². The number of nitrogens with two attached hydrogens (primary N) is 1. The first-order valence-corrected chi connectivity index (χ1v) is 6.74. The first-order valence-electron chi connectivity index (χ1n) is 5.98. The van der Waals surface area contributed by atoms with E-state index in [0.29, 0.717) is 11.3 Å². The van der Waals surface area contributed by atoms with E-state index in [1.54, 1.807) is 12.1 Å². The van der Waals surface area contributed by atoms with Crippen LogP contribution in [0.2, 0.25) is 10.0 Å². The van der Waals surface area contributed by atoms with E-state index < -0.39 is 11.9 Å². The van der Waals surface area contributed by atoms with Crippen LogP contribution in [0.4, 0.5) is 10.1 Å². The summed E-state index contributed by atoms with van der Waals surface area (Å²) in [6.45, 7) is 0. The van der Waals surface area contributed by atoms with Gasteiger partial charge in [0.1, 0.15) is 23.4 Å². The number of anilines is 1. The van der Waals surface area contributed by atoms with E-state index in [0.717, 1.165) is 6.07 Å². The third kappa shape index (κ3) is 2.55. The summed E-state index contributed by atoms with van der Waals surface area (Å²) in [5.74, 6) is -0.378. The number of amides is 1. The molecule has 7 heteroatoms. The zero-order valence-corrected chi connectivity index (χ0v) is 12.0. The van der Waals surface area contributed by atoms with Gasteiger partial charge in [-0.3, -0.25) is 4.79 Å². The largest absolute Gasteiger partial charge is 0.456 e. The molecule has 2 aromatic rings. The molecule has 1 aliphatic heterocycles. The second-order valence-corrected chi connectivity index (χ2v) is 5.33. The van der Waals surface area contributed by atoms with E-state index in [9.17, 15) is 9.18 Å². The van der Waals surface area contributed by atoms with Crippen LogP contribution in [0.3, 0.4) is 0 Å². The maximum Gasteiger partial charge on any atom is 0.245 e. The van der Waals surface area contributed by atoms with Gasteiger partial charge >= 0.3 is 0 Å². The van der Waals surface area contributed by atoms with Crippen molar-refractivity contribution in [3.63, 3.8) is 0 Å². The molecule has 21 heavy (non-hydrogen) atoms. The van der Waals surface area contributed by atoms with Gasteiger partial charge in [0.05, 0.1) is 10.0 Å². The van der Waals surface area contributed by atoms with Crippen molar-refractivity contribution in [2.75, 3.05) is 5.32 Å². The predicted octanol–water partition coefficient (Wildman–Crippen LogP) is 3.88. The number of fused-ring (bicyclic) bond motifs is 1. The summed E-state index contributed by atoms with van der Waals surface area (Å²) < 4.78 is 18.9. The maximum atomic E-state index is 13.4. The number of ether oxygens (including phenoxy) is 1. The highest BCUT2D eigenvalue weighted by molar-refractivity contribution is 6.32. The number of hydrogen-bond acceptors (Lipinski definition) is 3. The average Bonchev–Trinajstić information content (AvgIpc) is 2.70. The third-order valence-electron chi connectivity index (χ3n) is 3.10. The molecule has 108 valence electrons. The summed E-state index contributed by atoms with van der Waals surface area (Å²) in [5.41, 5.74) is 6.85. The molecule has 2 aromatic carbocycles. The lowest BCUT2D eigenvalue weighted by molar-refractivity contribution is -0.116. The Morgan fingerprint density at radius 2 is 1.95 bits per heavy atom. The van der Waals surface area contributed by atoms with Gasteiger partial charge in [-0.1, -0.05) is 23.2 Å². The molecule has 0 saturated heterocycles. The van der Waals surface area contributed by atoms with Crippen molar-refractivity contribution >= 4 is 34.8 Å². The molecule has 1 amide bonds. The highest BCUT2D eigenvalue weighted by Gasteiger charge is 2.28. The van der Waals surface area contributed by atoms with Gasteiger partial charge in [0.15, 0.2) is 0 Å². The van der Waals surface area contributed by atoms with Crippen molar-refractivity contribution in [3.8, 4) is 11.5 Å². The van der Waals surface area contributed by atoms with Gasteiger partial charge in [-0.25, -0.2) is 4.39 Å². The van der Waals surface area contributed by atoms with Gasteiger partial charge in [0, 0.05) is 23.4 Å². The van der Waals surface area contributed by atoms with Crippen LogP contribution in [-0.4, -0.2) is 5.91 Å². The molecule has 1 atom stereocenters. The maximum absolute atomic E-state index is 13.4. The van der Waals surface area contributed by atoms with Crippen LogP contribution in [0.25, 0.3) is 0 Å². The summed E-state index contributed by atoms with van der Waals surface area (Å²) in [6.07, 6.45) is 0. The van der Waals surface area contributed by atoms with Gasteiger partial charge in [0.2, 0.25) is 5.91 Å². The van der Waals surface area contributed by atoms with Gasteiger partial charge in [-0.05, 0) is 18.2 Å². The lowest BCUT2D eigenvalue weighted by atomic mass is 10.1. The first kappa shape index (κ1) is 14.1. The number of carbonyl (C=O) groups is 1. The highest BCUT2D eigenvalue weighted by atomic mass is 35.5. The van der Waals surface area contributed by atoms with Gasteiger partial charge in [-0.2, -0.15) is 0 Å². The fraction of sp³-hybridized carbons (Fsp3) is 0.0714. The summed E-state index contributed by atoms with van der Waals surface area (Å²) in [6, 6.07) is 6.40. The molecule has 0 aliphatic carbocycles. The molecule has 1 heterocycles. The Balaban J connectivity index is 1.95. The van der Waals surface area contributed by atoms with Crippen molar-refractivity contribution in [1.29, 1.82) is 0 Å². The van der Waals surface area contributed by atoms with Crippen LogP contribution in [0.15, 0.2) is 30.3 Å². The molecule has 4 nitrogen and oxygen atoms in total. The molecule has 0 aromatic heterocycles. The first-order chi connectivity index (χ1) is 9.95. The Hall–Kier alpha value is -1.82. The molecule has 3 rings (SSSR count). The molecule has 0 fully saturated rings. The van der Waals surface area contributed by atoms with Crippen LogP contribution in [0.1, 0.15) is 11.6 Å². The molecule has 0 bridgehead atoms. The second kappa shape index (κ2) is 5.18. The minimum Gasteiger partial charge on any atom is -0.456 e. The van der Waals surface area contributed by atoms with E-state index in [1.807, 2.05) is 0 Å². The lowest BCUT2D eigenvalue weighted by Gasteiger charge is -2.10. The molecular formula is C14H9Cl2FN2O2. The molecule has 0 radical (unpaired) electrons. The predicted molar refractivity (Wildman–Crippen MR) is 78.5 cm³/mol. The summed E-state index contributed by atoms with van der Waals surface area (Å²) >= 11 is 11.7. The molecule has 0 saturated carbocycles. The minimum atomic E-state index is -0.750. The molecular weight excluding hydrogens is 318 g/mol. The standard InChI is InChI=1S/C14H9Cl2FN2O2/c15-8-2-1-6(3-10(8)17)21-12-5-11-7(4-9(12)16)13(18)14(20)19-11/h1-5,13H,18H2,(H,19,20). The monoisotopic (exact) mass is 326 g/mol. The van der Waals surface area contributed by atoms with Crippen molar-refractivity contribution in [1.82, 2.24) is 0 Å². The highest BCUT2D eigenvalue weighted by Crippen LogP contribution is 2.39. The zero-order chi connectivity index (χ0) is 15.1. The number of benzene rings is 2. The van der Waals surface area contributed by atoms with Crippen molar-refractivity contribution in [3.05, 3.63) is 51.8 Å². The van der Waals surface area contributed by atoms with Crippen LogP contribution in [0.5, 0.6) is 11.5 Å². The Morgan fingerprint density at radius 3 is 2.67 bits per heavy atom. The van der Waals surface area contributed by atoms with Crippen LogP contribution in [-0.2, 0) is 4.79 Å². The minimum absolute atomic E-state index is 0.000590. The van der Waals surface area contributed by atoms with E-state index >= 15 is 0 Å². The summed E-state index contributed by atoms with van der Waals surface area (Å²) in [7, 11) is 0. The van der Waals surface area contributed by atoms with E-state index in [1.165, 1.54) is 12.1 Å². The second-order valence-electron chi connectivity index (χ2n) is 4.51. The Kier molecular flexibility index (Phi) is 3.49. The number of nitrogens with one attached hydrogen (secondary N) is 1. The SMILES string of the molecule is NC1C(=O)Nc2cc(Oc3ccc(Cl)c(F)c3)c(Cl)cc21. The zero-order valence-electron chi connectivity index (χ0n) is 10.5. The van der Waals surface area contributed by atoms with Crippen molar-refractivity contribution in [2.24, 2.45) is 5.73 Å². The average molecular weight is 327 g/mol. The Bertz CT molecular complexity index is 752. The molecule has 1 unspecified atom stereocenters. The quantitative estimate of drug-likeness (QED) is 0.880. The normalized spacial score (nSPS) is 16.6. The van der Waals surface area contributed by atoms with Crippen LogP contribution >= 0.6 is 23.2 Å². The number of carbonyl (C=O) groups excluding carboxylic acids is 1. The summed E-state index contributed by atoms with van der Waals surface area (Å²) in [4.78, 5) is 11.5.